The maximum atomic E-state index is 12.0. The summed E-state index contributed by atoms with van der Waals surface area (Å²) in [6.45, 7) is 6.31. The summed E-state index contributed by atoms with van der Waals surface area (Å²) in [4.78, 5) is 24.6. The molecule has 0 aromatic heterocycles. The zero-order valence-corrected chi connectivity index (χ0v) is 11.8. The Bertz CT molecular complexity index is 342. The highest BCUT2D eigenvalue weighted by molar-refractivity contribution is 5.82. The maximum Gasteiger partial charge on any atom is 0.326 e. The van der Waals surface area contributed by atoms with Crippen molar-refractivity contribution in [3.05, 3.63) is 0 Å². The van der Waals surface area contributed by atoms with Crippen molar-refractivity contribution in [1.29, 1.82) is 0 Å². The minimum absolute atomic E-state index is 0.186. The lowest BCUT2D eigenvalue weighted by Crippen LogP contribution is -2.54. The summed E-state index contributed by atoms with van der Waals surface area (Å²) < 4.78 is 0. The van der Waals surface area contributed by atoms with Crippen LogP contribution in [0.25, 0.3) is 0 Å². The monoisotopic (exact) mass is 272 g/mol. The van der Waals surface area contributed by atoms with Crippen LogP contribution in [0.4, 0.5) is 4.79 Å². The number of aliphatic hydroxyl groups is 1. The van der Waals surface area contributed by atoms with E-state index in [2.05, 4.69) is 5.32 Å². The Labute approximate surface area is 113 Å². The van der Waals surface area contributed by atoms with Gasteiger partial charge in [-0.05, 0) is 32.1 Å². The van der Waals surface area contributed by atoms with Gasteiger partial charge in [0.15, 0.2) is 0 Å². The molecular weight excluding hydrogens is 248 g/mol. The molecule has 6 heteroatoms. The van der Waals surface area contributed by atoms with Crippen LogP contribution in [0.2, 0.25) is 0 Å². The smallest absolute Gasteiger partial charge is 0.326 e. The predicted molar refractivity (Wildman–Crippen MR) is 70.8 cm³/mol. The summed E-state index contributed by atoms with van der Waals surface area (Å²) in [5.41, 5.74) is -0.883. The zero-order chi connectivity index (χ0) is 14.6. The van der Waals surface area contributed by atoms with E-state index in [1.165, 1.54) is 4.90 Å². The summed E-state index contributed by atoms with van der Waals surface area (Å²) in [5.74, 6) is -0.836. The summed E-state index contributed by atoms with van der Waals surface area (Å²) in [6.07, 6.45) is 1.78. The highest BCUT2D eigenvalue weighted by Gasteiger charge is 2.32. The van der Waals surface area contributed by atoms with Crippen molar-refractivity contribution < 1.29 is 19.8 Å². The zero-order valence-electron chi connectivity index (χ0n) is 11.8. The maximum absolute atomic E-state index is 12.0. The number of rotatable bonds is 4. The quantitative estimate of drug-likeness (QED) is 0.713. The van der Waals surface area contributed by atoms with Crippen molar-refractivity contribution >= 4 is 12.0 Å². The van der Waals surface area contributed by atoms with E-state index in [9.17, 15) is 14.7 Å². The first kappa shape index (κ1) is 15.8. The first-order chi connectivity index (χ1) is 8.71. The van der Waals surface area contributed by atoms with Gasteiger partial charge in [0.25, 0.3) is 0 Å². The highest BCUT2D eigenvalue weighted by atomic mass is 16.4. The van der Waals surface area contributed by atoms with E-state index in [1.807, 2.05) is 13.8 Å². The Hall–Kier alpha value is -1.30. The summed E-state index contributed by atoms with van der Waals surface area (Å²) >= 11 is 0. The normalized spacial score (nSPS) is 25.2. The second kappa shape index (κ2) is 6.23. The van der Waals surface area contributed by atoms with Gasteiger partial charge in [0.05, 0.1) is 12.1 Å². The Morgan fingerprint density at radius 3 is 2.53 bits per heavy atom. The molecule has 0 radical (unpaired) electrons. The predicted octanol–water partition coefficient (Wildman–Crippen LogP) is 1.04. The number of hydrogen-bond donors (Lipinski definition) is 3. The minimum Gasteiger partial charge on any atom is -0.480 e. The van der Waals surface area contributed by atoms with Gasteiger partial charge in [-0.15, -0.1) is 0 Å². The van der Waals surface area contributed by atoms with Gasteiger partial charge in [-0.2, -0.15) is 0 Å². The van der Waals surface area contributed by atoms with Gasteiger partial charge in [0, 0.05) is 6.54 Å². The molecule has 1 aliphatic rings. The van der Waals surface area contributed by atoms with Crippen molar-refractivity contribution in [2.75, 3.05) is 13.1 Å². The largest absolute Gasteiger partial charge is 0.480 e. The van der Waals surface area contributed by atoms with E-state index in [4.69, 9.17) is 5.11 Å². The fraction of sp³-hybridized carbons (Fsp3) is 0.846. The fourth-order valence-electron chi connectivity index (χ4n) is 2.33. The van der Waals surface area contributed by atoms with Gasteiger partial charge in [0.1, 0.15) is 6.04 Å². The molecule has 1 aliphatic heterocycles. The summed E-state index contributed by atoms with van der Waals surface area (Å²) in [6, 6.07) is -1.28. The van der Waals surface area contributed by atoms with Gasteiger partial charge in [0.2, 0.25) is 0 Å². The van der Waals surface area contributed by atoms with Crippen LogP contribution in [0.5, 0.6) is 0 Å². The van der Waals surface area contributed by atoms with E-state index in [1.54, 1.807) is 6.92 Å². The molecule has 0 saturated carbocycles. The molecule has 1 unspecified atom stereocenters. The molecule has 6 nitrogen and oxygen atoms in total. The van der Waals surface area contributed by atoms with Crippen LogP contribution in [0.1, 0.15) is 40.0 Å². The number of aliphatic carboxylic acids is 1. The number of carbonyl (C=O) groups excluding carboxylic acids is 1. The molecule has 0 aromatic carbocycles. The lowest BCUT2D eigenvalue weighted by molar-refractivity contribution is -0.139. The standard InChI is InChI=1S/C13H24N2O4/c1-9(2)7-10(11(16)17)14-12(18)15-6-4-5-13(3,19)8-15/h9-10,19H,4-8H2,1-3H3,(H,14,18)(H,16,17)/t10-,13?/m0/s1. The van der Waals surface area contributed by atoms with Crippen molar-refractivity contribution in [1.82, 2.24) is 10.2 Å². The molecule has 110 valence electrons. The summed E-state index contributed by atoms with van der Waals surface area (Å²) in [7, 11) is 0. The van der Waals surface area contributed by atoms with E-state index in [0.29, 0.717) is 19.4 Å². The van der Waals surface area contributed by atoms with Crippen LogP contribution in [0.15, 0.2) is 0 Å². The topological polar surface area (TPSA) is 89.9 Å². The van der Waals surface area contributed by atoms with Crippen LogP contribution in [0, 0.1) is 5.92 Å². The Morgan fingerprint density at radius 2 is 2.05 bits per heavy atom. The third kappa shape index (κ3) is 5.06. The van der Waals surface area contributed by atoms with Crippen molar-refractivity contribution in [3.63, 3.8) is 0 Å². The number of piperidine rings is 1. The number of amides is 2. The third-order valence-corrected chi connectivity index (χ3v) is 3.26. The van der Waals surface area contributed by atoms with Crippen molar-refractivity contribution in [2.45, 2.75) is 51.7 Å². The molecule has 0 spiro atoms. The van der Waals surface area contributed by atoms with Crippen LogP contribution in [-0.4, -0.2) is 51.8 Å². The van der Waals surface area contributed by atoms with E-state index >= 15 is 0 Å². The van der Waals surface area contributed by atoms with Crippen LogP contribution >= 0.6 is 0 Å². The molecule has 0 bridgehead atoms. The van der Waals surface area contributed by atoms with Gasteiger partial charge < -0.3 is 20.4 Å². The molecular formula is C13H24N2O4. The number of likely N-dealkylation sites (tertiary alicyclic amines) is 1. The number of carboxylic acid groups (broad SMARTS) is 1. The number of nitrogens with one attached hydrogen (secondary N) is 1. The van der Waals surface area contributed by atoms with Gasteiger partial charge >= 0.3 is 12.0 Å². The Kier molecular flexibility index (Phi) is 5.17. The lowest BCUT2D eigenvalue weighted by atomic mass is 9.95. The van der Waals surface area contributed by atoms with E-state index < -0.39 is 23.6 Å². The molecule has 19 heavy (non-hydrogen) atoms. The molecule has 1 heterocycles. The molecule has 2 amide bonds. The van der Waals surface area contributed by atoms with Crippen LogP contribution < -0.4 is 5.32 Å². The average Bonchev–Trinajstić information content (AvgIpc) is 2.25. The first-order valence-corrected chi connectivity index (χ1v) is 6.72. The second-order valence-electron chi connectivity index (χ2n) is 5.99. The molecule has 1 saturated heterocycles. The van der Waals surface area contributed by atoms with E-state index in [-0.39, 0.29) is 12.5 Å². The lowest BCUT2D eigenvalue weighted by Gasteiger charge is -2.37. The number of carboxylic acids is 1. The van der Waals surface area contributed by atoms with Crippen LogP contribution in [0.3, 0.4) is 0 Å². The number of β-amino-alcohol motifs (C(OH)–C–C–N with tert-alkyl or cyclic N) is 1. The molecule has 0 aromatic rings. The summed E-state index contributed by atoms with van der Waals surface area (Å²) in [5, 5.41) is 21.6. The molecule has 1 fully saturated rings. The molecule has 0 aliphatic carbocycles. The first-order valence-electron chi connectivity index (χ1n) is 6.72. The van der Waals surface area contributed by atoms with Gasteiger partial charge in [-0.25, -0.2) is 9.59 Å². The number of hydrogen-bond acceptors (Lipinski definition) is 3. The van der Waals surface area contributed by atoms with Gasteiger partial charge in [-0.3, -0.25) is 0 Å². The average molecular weight is 272 g/mol. The number of carbonyl (C=O) groups is 2. The Morgan fingerprint density at radius 1 is 1.42 bits per heavy atom. The fourth-order valence-corrected chi connectivity index (χ4v) is 2.33. The van der Waals surface area contributed by atoms with Crippen molar-refractivity contribution in [3.8, 4) is 0 Å². The SMILES string of the molecule is CC(C)C[C@H](NC(=O)N1CCCC(C)(O)C1)C(=O)O. The minimum atomic E-state index is -1.02. The molecule has 3 N–H and O–H groups in total. The highest BCUT2D eigenvalue weighted by Crippen LogP contribution is 2.20. The molecule has 1 rings (SSSR count). The Balaban J connectivity index is 2.59. The third-order valence-electron chi connectivity index (χ3n) is 3.26. The number of nitrogens with zero attached hydrogens (tertiary/aromatic N) is 1. The van der Waals surface area contributed by atoms with Crippen molar-refractivity contribution in [2.24, 2.45) is 5.92 Å². The van der Waals surface area contributed by atoms with Crippen LogP contribution in [-0.2, 0) is 4.79 Å². The van der Waals surface area contributed by atoms with Gasteiger partial charge in [-0.1, -0.05) is 13.8 Å². The molecule has 2 atom stereocenters. The second-order valence-corrected chi connectivity index (χ2v) is 5.99. The number of urea groups is 1. The van der Waals surface area contributed by atoms with E-state index in [0.717, 1.165) is 6.42 Å².